The maximum Gasteiger partial charge on any atom is 0.165 e. The summed E-state index contributed by atoms with van der Waals surface area (Å²) in [5, 5.41) is 0.760. The van der Waals surface area contributed by atoms with Crippen molar-refractivity contribution in [1.29, 1.82) is 0 Å². The number of methoxy groups -OCH3 is 1. The predicted molar refractivity (Wildman–Crippen MR) is 104 cm³/mol. The van der Waals surface area contributed by atoms with Gasteiger partial charge in [-0.2, -0.15) is 0 Å². The molecule has 2 aliphatic heterocycles. The third-order valence-corrected chi connectivity index (χ3v) is 6.66. The summed E-state index contributed by atoms with van der Waals surface area (Å²) in [4.78, 5) is 11.1. The monoisotopic (exact) mass is 376 g/mol. The quantitative estimate of drug-likeness (QED) is 0.758. The number of rotatable bonds is 4. The lowest BCUT2D eigenvalue weighted by molar-refractivity contribution is 0.237. The van der Waals surface area contributed by atoms with Gasteiger partial charge in [0.1, 0.15) is 12.1 Å². The topological polar surface area (TPSA) is 41.5 Å². The fourth-order valence-corrected chi connectivity index (χ4v) is 5.19. The molecule has 140 valence electrons. The summed E-state index contributed by atoms with van der Waals surface area (Å²) < 4.78 is 21.8. The number of fused-ring (bicyclic) bond motifs is 1. The van der Waals surface area contributed by atoms with Crippen LogP contribution < -0.4 is 9.64 Å². The molecule has 0 saturated carbocycles. The van der Waals surface area contributed by atoms with E-state index in [2.05, 4.69) is 26.1 Å². The van der Waals surface area contributed by atoms with Gasteiger partial charge in [0.15, 0.2) is 11.6 Å². The highest BCUT2D eigenvalue weighted by Crippen LogP contribution is 2.43. The van der Waals surface area contributed by atoms with Crippen molar-refractivity contribution < 1.29 is 9.13 Å². The molecule has 0 N–H and O–H groups in total. The van der Waals surface area contributed by atoms with Crippen molar-refractivity contribution in [3.63, 3.8) is 0 Å². The molecule has 0 amide bonds. The van der Waals surface area contributed by atoms with Crippen LogP contribution in [0.2, 0.25) is 0 Å². The van der Waals surface area contributed by atoms with Crippen LogP contribution in [0.25, 0.3) is 10.9 Å². The minimum Gasteiger partial charge on any atom is -0.494 e. The summed E-state index contributed by atoms with van der Waals surface area (Å²) in [6, 6.07) is 3.15. The summed E-state index contributed by atoms with van der Waals surface area (Å²) in [7, 11) is 1.47. The van der Waals surface area contributed by atoms with Crippen LogP contribution in [0.5, 0.6) is 5.75 Å². The average molecular weight is 377 g/mol. The fraction of sp³-hybridized carbons (Fsp3) is 0.579. The first-order valence-electron chi connectivity index (χ1n) is 9.25. The molecule has 0 bridgehead atoms. The van der Waals surface area contributed by atoms with Crippen LogP contribution in [0, 0.1) is 11.2 Å². The summed E-state index contributed by atoms with van der Waals surface area (Å²) >= 11 is 1.96. The Morgan fingerprint density at radius 1 is 1.19 bits per heavy atom. The van der Waals surface area contributed by atoms with Gasteiger partial charge in [-0.25, -0.2) is 14.4 Å². The Balaban J connectivity index is 1.54. The second-order valence-corrected chi connectivity index (χ2v) is 8.57. The molecule has 1 aromatic heterocycles. The zero-order valence-corrected chi connectivity index (χ0v) is 16.2. The van der Waals surface area contributed by atoms with E-state index in [9.17, 15) is 4.39 Å². The number of piperidine rings is 1. The van der Waals surface area contributed by atoms with E-state index in [1.165, 1.54) is 32.7 Å². The number of hydrogen-bond donors (Lipinski definition) is 0. The number of nitrogens with zero attached hydrogens (tertiary/aromatic N) is 4. The van der Waals surface area contributed by atoms with E-state index in [0.717, 1.165) is 48.4 Å². The highest BCUT2D eigenvalue weighted by atomic mass is 32.2. The van der Waals surface area contributed by atoms with E-state index in [0.29, 0.717) is 5.41 Å². The van der Waals surface area contributed by atoms with Crippen LogP contribution in [0.15, 0.2) is 18.5 Å². The summed E-state index contributed by atoms with van der Waals surface area (Å²) in [6.45, 7) is 6.52. The molecule has 2 fully saturated rings. The first kappa shape index (κ1) is 17.8. The minimum atomic E-state index is -0.368. The number of halogens is 1. The minimum absolute atomic E-state index is 0.221. The van der Waals surface area contributed by atoms with Gasteiger partial charge in [0.05, 0.1) is 12.6 Å². The molecule has 2 aliphatic rings. The number of benzene rings is 1. The lowest BCUT2D eigenvalue weighted by Crippen LogP contribution is -2.41. The molecule has 0 aliphatic carbocycles. The largest absolute Gasteiger partial charge is 0.494 e. The van der Waals surface area contributed by atoms with E-state index < -0.39 is 0 Å². The van der Waals surface area contributed by atoms with Crippen LogP contribution in [0.4, 0.5) is 10.2 Å². The maximum absolute atomic E-state index is 14.2. The molecule has 5 nitrogen and oxygen atoms in total. The third kappa shape index (κ3) is 3.22. The van der Waals surface area contributed by atoms with E-state index >= 15 is 0 Å². The van der Waals surface area contributed by atoms with Crippen LogP contribution >= 0.6 is 11.9 Å². The molecule has 26 heavy (non-hydrogen) atoms. The molecule has 0 unspecified atom stereocenters. The predicted octanol–water partition coefficient (Wildman–Crippen LogP) is 3.74. The SMILES string of the molecule is CCSN1CCC2(CCN(c3ncnc4cc(OC)c(F)cc34)CC2)C1. The van der Waals surface area contributed by atoms with Crippen molar-refractivity contribution >= 4 is 28.7 Å². The van der Waals surface area contributed by atoms with Gasteiger partial charge in [0.2, 0.25) is 0 Å². The number of aromatic nitrogens is 2. The highest BCUT2D eigenvalue weighted by molar-refractivity contribution is 7.96. The molecule has 0 radical (unpaired) electrons. The number of ether oxygens (including phenoxy) is 1. The molecular weight excluding hydrogens is 351 g/mol. The normalized spacial score (nSPS) is 20.2. The van der Waals surface area contributed by atoms with Gasteiger partial charge in [-0.05, 0) is 30.7 Å². The van der Waals surface area contributed by atoms with Crippen LogP contribution in [0.3, 0.4) is 0 Å². The van der Waals surface area contributed by atoms with Crippen molar-refractivity contribution in [2.45, 2.75) is 26.2 Å². The lowest BCUT2D eigenvalue weighted by atomic mass is 9.78. The Morgan fingerprint density at radius 2 is 1.96 bits per heavy atom. The molecule has 2 saturated heterocycles. The average Bonchev–Trinajstić information content (AvgIpc) is 3.04. The van der Waals surface area contributed by atoms with Crippen molar-refractivity contribution in [3.05, 3.63) is 24.3 Å². The van der Waals surface area contributed by atoms with Gasteiger partial charge in [0.25, 0.3) is 0 Å². The standard InChI is InChI=1S/C19H25FN4OS/c1-3-26-24-9-6-19(12-24)4-7-23(8-5-19)18-14-10-15(20)17(25-2)11-16(14)21-13-22-18/h10-11,13H,3-9,12H2,1-2H3. The molecule has 2 aromatic rings. The van der Waals surface area contributed by atoms with Crippen molar-refractivity contribution in [2.24, 2.45) is 5.41 Å². The molecule has 0 atom stereocenters. The Hall–Kier alpha value is -1.60. The smallest absolute Gasteiger partial charge is 0.165 e. The van der Waals surface area contributed by atoms with E-state index in [1.54, 1.807) is 12.4 Å². The van der Waals surface area contributed by atoms with Gasteiger partial charge in [-0.1, -0.05) is 18.9 Å². The molecule has 3 heterocycles. The van der Waals surface area contributed by atoms with E-state index in [4.69, 9.17) is 4.74 Å². The summed E-state index contributed by atoms with van der Waals surface area (Å²) in [6.07, 6.45) is 5.18. The van der Waals surface area contributed by atoms with Gasteiger partial charge in [0, 0.05) is 43.4 Å². The summed E-state index contributed by atoms with van der Waals surface area (Å²) in [5.41, 5.74) is 1.16. The van der Waals surface area contributed by atoms with Crippen LogP contribution in [0.1, 0.15) is 26.2 Å². The van der Waals surface area contributed by atoms with Crippen LogP contribution in [-0.2, 0) is 0 Å². The third-order valence-electron chi connectivity index (χ3n) is 5.73. The maximum atomic E-state index is 14.2. The molecule has 1 aromatic carbocycles. The highest BCUT2D eigenvalue weighted by Gasteiger charge is 2.41. The fourth-order valence-electron chi connectivity index (χ4n) is 4.24. The lowest BCUT2D eigenvalue weighted by Gasteiger charge is -2.40. The Bertz CT molecular complexity index is 794. The van der Waals surface area contributed by atoms with Gasteiger partial charge >= 0.3 is 0 Å². The molecule has 4 rings (SSSR count). The van der Waals surface area contributed by atoms with Gasteiger partial charge in [-0.15, -0.1) is 0 Å². The molecule has 1 spiro atoms. The first-order valence-corrected chi connectivity index (χ1v) is 10.2. The number of anilines is 1. The Kier molecular flexibility index (Phi) is 4.92. The second kappa shape index (κ2) is 7.19. The van der Waals surface area contributed by atoms with E-state index in [-0.39, 0.29) is 11.6 Å². The second-order valence-electron chi connectivity index (χ2n) is 7.22. The zero-order chi connectivity index (χ0) is 18.1. The van der Waals surface area contributed by atoms with E-state index in [1.807, 2.05) is 11.9 Å². The first-order chi connectivity index (χ1) is 12.6. The van der Waals surface area contributed by atoms with Crippen molar-refractivity contribution in [3.8, 4) is 5.75 Å². The summed E-state index contributed by atoms with van der Waals surface area (Å²) in [5.74, 6) is 1.83. The Morgan fingerprint density at radius 3 is 2.69 bits per heavy atom. The molecular formula is C19H25FN4OS. The van der Waals surface area contributed by atoms with Crippen molar-refractivity contribution in [1.82, 2.24) is 14.3 Å². The zero-order valence-electron chi connectivity index (χ0n) is 15.4. The van der Waals surface area contributed by atoms with Gasteiger partial charge < -0.3 is 9.64 Å². The van der Waals surface area contributed by atoms with Gasteiger partial charge in [-0.3, -0.25) is 4.31 Å². The van der Waals surface area contributed by atoms with Crippen molar-refractivity contribution in [2.75, 3.05) is 43.9 Å². The number of hydrogen-bond acceptors (Lipinski definition) is 6. The Labute approximate surface area is 158 Å². The van der Waals surface area contributed by atoms with Crippen LogP contribution in [-0.4, -0.2) is 53.3 Å². The molecule has 7 heteroatoms.